The molecule has 1 aromatic heterocycles. The first-order valence-corrected chi connectivity index (χ1v) is 8.38. The van der Waals surface area contributed by atoms with Crippen molar-refractivity contribution in [1.82, 2.24) is 20.5 Å². The molecule has 0 atom stereocenters. The van der Waals surface area contributed by atoms with Crippen LogP contribution < -0.4 is 10.6 Å². The van der Waals surface area contributed by atoms with Crippen LogP contribution >= 0.6 is 36.4 Å². The molecule has 5 nitrogen and oxygen atoms in total. The fourth-order valence-corrected chi connectivity index (χ4v) is 3.07. The SMILES string of the molecule is Cl.Cl.O=C(NCCCN1CCNCC1)c1ccc(Cl)c2cccnc12. The number of benzene rings is 1. The number of nitrogens with zero attached hydrogens (tertiary/aromatic N) is 2. The molecule has 25 heavy (non-hydrogen) atoms. The van der Waals surface area contributed by atoms with Crippen LogP contribution in [0.3, 0.4) is 0 Å². The number of hydrogen-bond donors (Lipinski definition) is 2. The number of piperazine rings is 1. The first-order valence-electron chi connectivity index (χ1n) is 8.00. The van der Waals surface area contributed by atoms with Crippen molar-refractivity contribution in [2.75, 3.05) is 39.3 Å². The number of amides is 1. The van der Waals surface area contributed by atoms with E-state index in [1.54, 1.807) is 18.3 Å². The molecule has 1 aliphatic rings. The number of rotatable bonds is 5. The van der Waals surface area contributed by atoms with Crippen LogP contribution in [0.25, 0.3) is 10.9 Å². The van der Waals surface area contributed by atoms with Gasteiger partial charge < -0.3 is 15.5 Å². The van der Waals surface area contributed by atoms with E-state index >= 15 is 0 Å². The van der Waals surface area contributed by atoms with Gasteiger partial charge in [-0.05, 0) is 37.2 Å². The Balaban J connectivity index is 0.00000156. The van der Waals surface area contributed by atoms with E-state index in [2.05, 4.69) is 20.5 Å². The highest BCUT2D eigenvalue weighted by atomic mass is 35.5. The van der Waals surface area contributed by atoms with E-state index < -0.39 is 0 Å². The smallest absolute Gasteiger partial charge is 0.253 e. The number of halogens is 3. The lowest BCUT2D eigenvalue weighted by atomic mass is 10.1. The highest BCUT2D eigenvalue weighted by Gasteiger charge is 2.13. The molecule has 2 heterocycles. The van der Waals surface area contributed by atoms with Gasteiger partial charge in [-0.1, -0.05) is 11.6 Å². The Labute approximate surface area is 165 Å². The summed E-state index contributed by atoms with van der Waals surface area (Å²) < 4.78 is 0. The molecular formula is C17H23Cl3N4O. The molecule has 1 saturated heterocycles. The Kier molecular flexibility index (Phi) is 9.46. The molecule has 0 spiro atoms. The van der Waals surface area contributed by atoms with Gasteiger partial charge in [0.05, 0.1) is 16.1 Å². The zero-order valence-electron chi connectivity index (χ0n) is 13.8. The zero-order chi connectivity index (χ0) is 16.1. The number of carbonyl (C=O) groups is 1. The minimum atomic E-state index is -0.0920. The highest BCUT2D eigenvalue weighted by molar-refractivity contribution is 6.36. The summed E-state index contributed by atoms with van der Waals surface area (Å²) in [6.45, 7) is 5.95. The molecule has 2 N–H and O–H groups in total. The summed E-state index contributed by atoms with van der Waals surface area (Å²) in [5.74, 6) is -0.0920. The van der Waals surface area contributed by atoms with Gasteiger partial charge >= 0.3 is 0 Å². The van der Waals surface area contributed by atoms with Gasteiger partial charge in [0.1, 0.15) is 0 Å². The third kappa shape index (κ3) is 5.69. The summed E-state index contributed by atoms with van der Waals surface area (Å²) in [7, 11) is 0. The predicted molar refractivity (Wildman–Crippen MR) is 108 cm³/mol. The topological polar surface area (TPSA) is 57.3 Å². The maximum absolute atomic E-state index is 12.4. The molecule has 1 fully saturated rings. The summed E-state index contributed by atoms with van der Waals surface area (Å²) in [5, 5.41) is 7.75. The molecule has 1 aliphatic heterocycles. The van der Waals surface area contributed by atoms with Crippen LogP contribution in [0.2, 0.25) is 5.02 Å². The first kappa shape index (κ1) is 21.9. The number of hydrogen-bond acceptors (Lipinski definition) is 4. The lowest BCUT2D eigenvalue weighted by Crippen LogP contribution is -2.44. The Morgan fingerprint density at radius 3 is 2.76 bits per heavy atom. The average molecular weight is 406 g/mol. The summed E-state index contributed by atoms with van der Waals surface area (Å²) in [6, 6.07) is 7.19. The lowest BCUT2D eigenvalue weighted by Gasteiger charge is -2.27. The van der Waals surface area contributed by atoms with Gasteiger partial charge in [0, 0.05) is 44.3 Å². The minimum Gasteiger partial charge on any atom is -0.352 e. The maximum atomic E-state index is 12.4. The third-order valence-electron chi connectivity index (χ3n) is 4.11. The second kappa shape index (κ2) is 10.8. The van der Waals surface area contributed by atoms with Crippen molar-refractivity contribution in [2.24, 2.45) is 0 Å². The van der Waals surface area contributed by atoms with Crippen LogP contribution in [-0.2, 0) is 0 Å². The number of carbonyl (C=O) groups excluding carboxylic acids is 1. The van der Waals surface area contributed by atoms with Gasteiger partial charge in [0.15, 0.2) is 0 Å². The second-order valence-electron chi connectivity index (χ2n) is 5.70. The Morgan fingerprint density at radius 1 is 1.24 bits per heavy atom. The maximum Gasteiger partial charge on any atom is 0.253 e. The number of aromatic nitrogens is 1. The van der Waals surface area contributed by atoms with Gasteiger partial charge in [0.25, 0.3) is 5.91 Å². The Hall–Kier alpha value is -1.11. The van der Waals surface area contributed by atoms with Crippen molar-refractivity contribution in [1.29, 1.82) is 0 Å². The third-order valence-corrected chi connectivity index (χ3v) is 4.44. The molecule has 1 aromatic carbocycles. The van der Waals surface area contributed by atoms with Crippen molar-refractivity contribution in [3.05, 3.63) is 41.0 Å². The van der Waals surface area contributed by atoms with Crippen molar-refractivity contribution in [2.45, 2.75) is 6.42 Å². The zero-order valence-corrected chi connectivity index (χ0v) is 16.2. The fourth-order valence-electron chi connectivity index (χ4n) is 2.86. The van der Waals surface area contributed by atoms with Gasteiger partial charge in [-0.2, -0.15) is 0 Å². The van der Waals surface area contributed by atoms with Crippen molar-refractivity contribution >= 4 is 53.2 Å². The molecule has 1 amide bonds. The molecule has 2 aromatic rings. The quantitative estimate of drug-likeness (QED) is 0.751. The molecule has 0 aliphatic carbocycles. The molecule has 8 heteroatoms. The Bertz CT molecular complexity index is 693. The molecule has 0 bridgehead atoms. The van der Waals surface area contributed by atoms with Crippen LogP contribution in [0.4, 0.5) is 0 Å². The van der Waals surface area contributed by atoms with Crippen LogP contribution in [0.1, 0.15) is 16.8 Å². The van der Waals surface area contributed by atoms with Gasteiger partial charge in [-0.3, -0.25) is 9.78 Å². The molecule has 138 valence electrons. The van der Waals surface area contributed by atoms with Crippen molar-refractivity contribution < 1.29 is 4.79 Å². The van der Waals surface area contributed by atoms with E-state index in [9.17, 15) is 4.79 Å². The van der Waals surface area contributed by atoms with Crippen LogP contribution in [0.15, 0.2) is 30.5 Å². The first-order chi connectivity index (χ1) is 11.3. The molecule has 3 rings (SSSR count). The molecular weight excluding hydrogens is 383 g/mol. The summed E-state index contributed by atoms with van der Waals surface area (Å²) in [6.07, 6.45) is 2.63. The highest BCUT2D eigenvalue weighted by Crippen LogP contribution is 2.24. The number of nitrogens with one attached hydrogen (secondary N) is 2. The molecule has 0 saturated carbocycles. The van der Waals surface area contributed by atoms with Gasteiger partial charge in [-0.25, -0.2) is 0 Å². The lowest BCUT2D eigenvalue weighted by molar-refractivity contribution is 0.0952. The Morgan fingerprint density at radius 2 is 2.00 bits per heavy atom. The number of pyridine rings is 1. The minimum absolute atomic E-state index is 0. The van der Waals surface area contributed by atoms with Gasteiger partial charge in [-0.15, -0.1) is 24.8 Å². The van der Waals surface area contributed by atoms with Crippen LogP contribution in [0.5, 0.6) is 0 Å². The van der Waals surface area contributed by atoms with E-state index in [1.807, 2.05) is 12.1 Å². The normalized spacial score (nSPS) is 14.4. The van der Waals surface area contributed by atoms with E-state index in [0.717, 1.165) is 44.5 Å². The monoisotopic (exact) mass is 404 g/mol. The second-order valence-corrected chi connectivity index (χ2v) is 6.10. The van der Waals surface area contributed by atoms with E-state index in [1.165, 1.54) is 0 Å². The molecule has 0 unspecified atom stereocenters. The summed E-state index contributed by atoms with van der Waals surface area (Å²) in [5.41, 5.74) is 1.23. The average Bonchev–Trinajstić information content (AvgIpc) is 2.60. The van der Waals surface area contributed by atoms with Crippen molar-refractivity contribution in [3.8, 4) is 0 Å². The van der Waals surface area contributed by atoms with E-state index in [0.29, 0.717) is 22.6 Å². The largest absolute Gasteiger partial charge is 0.352 e. The standard InChI is InChI=1S/C17H21ClN4O.2ClH/c18-15-5-4-14(16-13(15)3-1-6-20-16)17(23)21-7-2-10-22-11-8-19-9-12-22;;/h1,3-6,19H,2,7-12H2,(H,21,23);2*1H. The summed E-state index contributed by atoms with van der Waals surface area (Å²) in [4.78, 5) is 19.1. The van der Waals surface area contributed by atoms with Gasteiger partial charge in [0.2, 0.25) is 0 Å². The summed E-state index contributed by atoms with van der Waals surface area (Å²) >= 11 is 6.16. The predicted octanol–water partition coefficient (Wildman–Crippen LogP) is 2.76. The van der Waals surface area contributed by atoms with Crippen LogP contribution in [-0.4, -0.2) is 55.1 Å². The van der Waals surface area contributed by atoms with Crippen molar-refractivity contribution in [3.63, 3.8) is 0 Å². The van der Waals surface area contributed by atoms with E-state index in [-0.39, 0.29) is 30.7 Å². The number of fused-ring (bicyclic) bond motifs is 1. The van der Waals surface area contributed by atoms with Crippen LogP contribution in [0, 0.1) is 0 Å². The fraction of sp³-hybridized carbons (Fsp3) is 0.412. The van der Waals surface area contributed by atoms with E-state index in [4.69, 9.17) is 11.6 Å². The molecule has 0 radical (unpaired) electrons.